The van der Waals surface area contributed by atoms with E-state index in [-0.39, 0.29) is 5.54 Å². The number of allylic oxidation sites excluding steroid dienone is 1. The van der Waals surface area contributed by atoms with Gasteiger partial charge in [-0.3, -0.25) is 4.79 Å². The molecular formula is C10H13NO. The van der Waals surface area contributed by atoms with Gasteiger partial charge in [-0.1, -0.05) is 11.1 Å². The minimum Gasteiger partial charge on any atom is -0.352 e. The number of amides is 1. The Morgan fingerprint density at radius 2 is 2.42 bits per heavy atom. The van der Waals surface area contributed by atoms with Crippen LogP contribution in [-0.2, 0) is 4.79 Å². The summed E-state index contributed by atoms with van der Waals surface area (Å²) in [6, 6.07) is 0. The zero-order valence-corrected chi connectivity index (χ0v) is 7.31. The molecule has 1 spiro atoms. The van der Waals surface area contributed by atoms with Crippen molar-refractivity contribution in [1.29, 1.82) is 0 Å². The normalized spacial score (nSPS) is 47.8. The van der Waals surface area contributed by atoms with Gasteiger partial charge in [-0.05, 0) is 32.6 Å². The third-order valence-corrected chi connectivity index (χ3v) is 4.10. The SMILES string of the molecule is CC1=C2CC23CC3(NC=O)CC1. The van der Waals surface area contributed by atoms with Gasteiger partial charge >= 0.3 is 0 Å². The first-order valence-electron chi connectivity index (χ1n) is 4.65. The van der Waals surface area contributed by atoms with E-state index in [1.54, 1.807) is 11.1 Å². The van der Waals surface area contributed by atoms with Crippen LogP contribution in [0.2, 0.25) is 0 Å². The summed E-state index contributed by atoms with van der Waals surface area (Å²) in [5.41, 5.74) is 3.93. The summed E-state index contributed by atoms with van der Waals surface area (Å²) in [5.74, 6) is 0. The Hall–Kier alpha value is -0.790. The molecule has 3 aliphatic rings. The molecule has 0 saturated heterocycles. The van der Waals surface area contributed by atoms with Crippen LogP contribution < -0.4 is 5.32 Å². The number of nitrogens with one attached hydrogen (secondary N) is 1. The number of carbonyl (C=O) groups is 1. The lowest BCUT2D eigenvalue weighted by atomic mass is 9.96. The summed E-state index contributed by atoms with van der Waals surface area (Å²) >= 11 is 0. The van der Waals surface area contributed by atoms with Crippen LogP contribution in [-0.4, -0.2) is 11.9 Å². The summed E-state index contributed by atoms with van der Waals surface area (Å²) in [4.78, 5) is 10.4. The first-order chi connectivity index (χ1) is 5.74. The highest BCUT2D eigenvalue weighted by atomic mass is 16.1. The number of carbonyl (C=O) groups excluding carboxylic acids is 1. The van der Waals surface area contributed by atoms with E-state index in [0.29, 0.717) is 5.41 Å². The lowest BCUT2D eigenvalue weighted by Gasteiger charge is -2.19. The molecule has 1 N–H and O–H groups in total. The Bertz CT molecular complexity index is 307. The average molecular weight is 163 g/mol. The van der Waals surface area contributed by atoms with E-state index in [1.165, 1.54) is 25.7 Å². The van der Waals surface area contributed by atoms with Crippen molar-refractivity contribution in [2.45, 2.75) is 38.1 Å². The summed E-state index contributed by atoms with van der Waals surface area (Å²) in [6.07, 6.45) is 5.72. The van der Waals surface area contributed by atoms with Crippen LogP contribution in [0.1, 0.15) is 32.6 Å². The predicted octanol–water partition coefficient (Wildman–Crippen LogP) is 1.38. The van der Waals surface area contributed by atoms with Crippen molar-refractivity contribution in [2.75, 3.05) is 0 Å². The molecular weight excluding hydrogens is 150 g/mol. The molecule has 0 aromatic heterocycles. The Morgan fingerprint density at radius 3 is 3.17 bits per heavy atom. The zero-order valence-electron chi connectivity index (χ0n) is 7.31. The van der Waals surface area contributed by atoms with E-state index in [4.69, 9.17) is 0 Å². The average Bonchev–Trinajstić information content (AvgIpc) is 2.87. The Labute approximate surface area is 72.0 Å². The van der Waals surface area contributed by atoms with Crippen LogP contribution in [0.5, 0.6) is 0 Å². The van der Waals surface area contributed by atoms with E-state index >= 15 is 0 Å². The fraction of sp³-hybridized carbons (Fsp3) is 0.700. The third-order valence-electron chi connectivity index (χ3n) is 4.10. The van der Waals surface area contributed by atoms with Crippen LogP contribution in [0, 0.1) is 5.41 Å². The van der Waals surface area contributed by atoms with Gasteiger partial charge in [-0.2, -0.15) is 0 Å². The number of hydrogen-bond donors (Lipinski definition) is 1. The number of rotatable bonds is 2. The lowest BCUT2D eigenvalue weighted by molar-refractivity contribution is -0.110. The summed E-state index contributed by atoms with van der Waals surface area (Å²) in [6.45, 7) is 2.24. The maximum Gasteiger partial charge on any atom is 0.207 e. The molecule has 2 saturated carbocycles. The van der Waals surface area contributed by atoms with Crippen LogP contribution >= 0.6 is 0 Å². The molecule has 2 atom stereocenters. The largest absolute Gasteiger partial charge is 0.352 e. The van der Waals surface area contributed by atoms with Crippen molar-refractivity contribution in [1.82, 2.24) is 5.32 Å². The van der Waals surface area contributed by atoms with Gasteiger partial charge < -0.3 is 5.32 Å². The van der Waals surface area contributed by atoms with E-state index in [0.717, 1.165) is 6.41 Å². The predicted molar refractivity (Wildman–Crippen MR) is 45.5 cm³/mol. The third kappa shape index (κ3) is 0.501. The fourth-order valence-corrected chi connectivity index (χ4v) is 3.17. The molecule has 0 aromatic carbocycles. The monoisotopic (exact) mass is 163 g/mol. The van der Waals surface area contributed by atoms with Gasteiger partial charge in [-0.15, -0.1) is 0 Å². The van der Waals surface area contributed by atoms with Crippen molar-refractivity contribution < 1.29 is 4.79 Å². The fourth-order valence-electron chi connectivity index (χ4n) is 3.17. The molecule has 0 bridgehead atoms. The van der Waals surface area contributed by atoms with Gasteiger partial charge in [-0.25, -0.2) is 0 Å². The van der Waals surface area contributed by atoms with Gasteiger partial charge in [0.1, 0.15) is 0 Å². The summed E-state index contributed by atoms with van der Waals surface area (Å²) in [7, 11) is 0. The van der Waals surface area contributed by atoms with Gasteiger partial charge in [0.15, 0.2) is 0 Å². The Kier molecular flexibility index (Phi) is 0.897. The molecule has 3 aliphatic carbocycles. The van der Waals surface area contributed by atoms with Gasteiger partial charge in [0.05, 0.1) is 5.54 Å². The molecule has 0 aromatic rings. The standard InChI is InChI=1S/C10H13NO/c1-7-2-3-10(11-6-12)5-9(10)4-8(7)9/h6H,2-5H2,1H3,(H,11,12). The molecule has 3 rings (SSSR count). The maximum absolute atomic E-state index is 10.4. The van der Waals surface area contributed by atoms with Crippen LogP contribution in [0.4, 0.5) is 0 Å². The highest BCUT2D eigenvalue weighted by Crippen LogP contribution is 2.80. The van der Waals surface area contributed by atoms with Crippen molar-refractivity contribution in [3.8, 4) is 0 Å². The molecule has 0 aliphatic heterocycles. The summed E-state index contributed by atoms with van der Waals surface area (Å²) in [5, 5.41) is 3.02. The second-order valence-corrected chi connectivity index (χ2v) is 4.54. The van der Waals surface area contributed by atoms with Crippen LogP contribution in [0.15, 0.2) is 11.1 Å². The molecule has 64 valence electrons. The highest BCUT2D eigenvalue weighted by Gasteiger charge is 2.78. The molecule has 0 heterocycles. The second kappa shape index (κ2) is 1.61. The molecule has 2 nitrogen and oxygen atoms in total. The van der Waals surface area contributed by atoms with Crippen molar-refractivity contribution in [3.63, 3.8) is 0 Å². The second-order valence-electron chi connectivity index (χ2n) is 4.54. The van der Waals surface area contributed by atoms with Crippen LogP contribution in [0.25, 0.3) is 0 Å². The zero-order chi connectivity index (χ0) is 8.40. The lowest BCUT2D eigenvalue weighted by Crippen LogP contribution is -2.34. The Morgan fingerprint density at radius 1 is 1.58 bits per heavy atom. The van der Waals surface area contributed by atoms with Gasteiger partial charge in [0, 0.05) is 5.41 Å². The van der Waals surface area contributed by atoms with Crippen molar-refractivity contribution >= 4 is 6.41 Å². The first-order valence-corrected chi connectivity index (χ1v) is 4.65. The van der Waals surface area contributed by atoms with E-state index in [1.807, 2.05) is 0 Å². The summed E-state index contributed by atoms with van der Waals surface area (Å²) < 4.78 is 0. The minimum atomic E-state index is 0.212. The smallest absolute Gasteiger partial charge is 0.207 e. The first kappa shape index (κ1) is 6.70. The maximum atomic E-state index is 10.4. The van der Waals surface area contributed by atoms with Crippen molar-refractivity contribution in [3.05, 3.63) is 11.1 Å². The molecule has 0 radical (unpaired) electrons. The highest BCUT2D eigenvalue weighted by molar-refractivity contribution is 5.61. The molecule has 2 heteroatoms. The molecule has 2 fully saturated rings. The molecule has 12 heavy (non-hydrogen) atoms. The van der Waals surface area contributed by atoms with E-state index in [9.17, 15) is 4.79 Å². The van der Waals surface area contributed by atoms with E-state index < -0.39 is 0 Å². The minimum absolute atomic E-state index is 0.212. The quantitative estimate of drug-likeness (QED) is 0.483. The van der Waals surface area contributed by atoms with Crippen LogP contribution in [0.3, 0.4) is 0 Å². The van der Waals surface area contributed by atoms with Gasteiger partial charge in [0.25, 0.3) is 0 Å². The van der Waals surface area contributed by atoms with Gasteiger partial charge in [0.2, 0.25) is 6.41 Å². The number of hydrogen-bond acceptors (Lipinski definition) is 1. The topological polar surface area (TPSA) is 29.1 Å². The van der Waals surface area contributed by atoms with E-state index in [2.05, 4.69) is 12.2 Å². The Balaban J connectivity index is 1.96. The van der Waals surface area contributed by atoms with Crippen molar-refractivity contribution in [2.24, 2.45) is 5.41 Å². The molecule has 2 unspecified atom stereocenters. The molecule has 1 amide bonds.